The van der Waals surface area contributed by atoms with Crippen LogP contribution in [0.3, 0.4) is 0 Å². The molecule has 0 saturated heterocycles. The second kappa shape index (κ2) is 4.21. The summed E-state index contributed by atoms with van der Waals surface area (Å²) >= 11 is 9.44. The zero-order valence-electron chi connectivity index (χ0n) is 7.71. The van der Waals surface area contributed by atoms with E-state index in [1.165, 1.54) is 12.8 Å². The third-order valence-electron chi connectivity index (χ3n) is 2.59. The lowest BCUT2D eigenvalue weighted by Gasteiger charge is -2.12. The maximum absolute atomic E-state index is 9.93. The quantitative estimate of drug-likeness (QED) is 0.886. The number of hydrogen-bond donors (Lipinski definition) is 1. The van der Waals surface area contributed by atoms with Gasteiger partial charge in [-0.3, -0.25) is 0 Å². The Morgan fingerprint density at radius 3 is 2.86 bits per heavy atom. The standard InChI is InChI=1S/C11H12BrClO/c12-9-3-1-2-8(11(9)13)10(14)6-7-4-5-7/h1-3,7,10,14H,4-6H2. The number of aliphatic hydroxyl groups is 1. The average Bonchev–Trinajstić information content (AvgIpc) is 2.93. The highest BCUT2D eigenvalue weighted by Gasteiger charge is 2.26. The van der Waals surface area contributed by atoms with Crippen LogP contribution < -0.4 is 0 Å². The SMILES string of the molecule is OC(CC1CC1)c1cccc(Br)c1Cl. The molecule has 0 radical (unpaired) electrons. The molecule has 0 aliphatic heterocycles. The molecule has 1 nitrogen and oxygen atoms in total. The van der Waals surface area contributed by atoms with Gasteiger partial charge in [-0.25, -0.2) is 0 Å². The lowest BCUT2D eigenvalue weighted by Crippen LogP contribution is -1.99. The van der Waals surface area contributed by atoms with Crippen molar-refractivity contribution in [3.8, 4) is 0 Å². The number of aliphatic hydroxyl groups excluding tert-OH is 1. The average molecular weight is 276 g/mol. The minimum atomic E-state index is -0.410. The van der Waals surface area contributed by atoms with Gasteiger partial charge in [-0.05, 0) is 34.3 Å². The minimum absolute atomic E-state index is 0.410. The van der Waals surface area contributed by atoms with Crippen LogP contribution in [-0.2, 0) is 0 Å². The summed E-state index contributed by atoms with van der Waals surface area (Å²) in [5, 5.41) is 10.6. The van der Waals surface area contributed by atoms with Gasteiger partial charge in [0.2, 0.25) is 0 Å². The molecule has 1 saturated carbocycles. The minimum Gasteiger partial charge on any atom is -0.388 e. The highest BCUT2D eigenvalue weighted by atomic mass is 79.9. The highest BCUT2D eigenvalue weighted by Crippen LogP contribution is 2.40. The number of rotatable bonds is 3. The maximum Gasteiger partial charge on any atom is 0.0807 e. The summed E-state index contributed by atoms with van der Waals surface area (Å²) in [5.41, 5.74) is 0.841. The van der Waals surface area contributed by atoms with Gasteiger partial charge in [0.25, 0.3) is 0 Å². The monoisotopic (exact) mass is 274 g/mol. The Morgan fingerprint density at radius 1 is 1.50 bits per heavy atom. The topological polar surface area (TPSA) is 20.2 Å². The van der Waals surface area contributed by atoms with E-state index < -0.39 is 6.10 Å². The van der Waals surface area contributed by atoms with Crippen molar-refractivity contribution in [3.63, 3.8) is 0 Å². The summed E-state index contributed by atoms with van der Waals surface area (Å²) in [6.07, 6.45) is 2.94. The molecule has 14 heavy (non-hydrogen) atoms. The fourth-order valence-corrected chi connectivity index (χ4v) is 2.21. The largest absolute Gasteiger partial charge is 0.388 e. The van der Waals surface area contributed by atoms with Crippen LogP contribution in [-0.4, -0.2) is 5.11 Å². The second-order valence-corrected chi connectivity index (χ2v) is 5.07. The number of halogens is 2. The van der Waals surface area contributed by atoms with Gasteiger partial charge in [-0.2, -0.15) is 0 Å². The second-order valence-electron chi connectivity index (χ2n) is 3.84. The molecule has 1 N–H and O–H groups in total. The molecule has 0 bridgehead atoms. The molecular weight excluding hydrogens is 263 g/mol. The van der Waals surface area contributed by atoms with Crippen LogP contribution in [0.15, 0.2) is 22.7 Å². The fraction of sp³-hybridized carbons (Fsp3) is 0.455. The van der Waals surface area contributed by atoms with Crippen LogP contribution in [0, 0.1) is 5.92 Å². The van der Waals surface area contributed by atoms with Crippen LogP contribution in [0.4, 0.5) is 0 Å². The van der Waals surface area contributed by atoms with Gasteiger partial charge in [-0.1, -0.05) is 36.6 Å². The van der Waals surface area contributed by atoms with E-state index in [-0.39, 0.29) is 0 Å². The molecular formula is C11H12BrClO. The smallest absolute Gasteiger partial charge is 0.0807 e. The van der Waals surface area contributed by atoms with Gasteiger partial charge < -0.3 is 5.11 Å². The molecule has 1 aromatic rings. The summed E-state index contributed by atoms with van der Waals surface area (Å²) in [5.74, 6) is 0.708. The van der Waals surface area contributed by atoms with Gasteiger partial charge in [0.15, 0.2) is 0 Å². The normalized spacial score (nSPS) is 18.2. The van der Waals surface area contributed by atoms with Gasteiger partial charge in [0, 0.05) is 10.0 Å². The van der Waals surface area contributed by atoms with Gasteiger partial charge in [-0.15, -0.1) is 0 Å². The van der Waals surface area contributed by atoms with Crippen molar-refractivity contribution in [2.24, 2.45) is 5.92 Å². The molecule has 1 atom stereocenters. The molecule has 1 fully saturated rings. The zero-order chi connectivity index (χ0) is 10.1. The molecule has 0 amide bonds. The predicted octanol–water partition coefficient (Wildman–Crippen LogP) is 3.94. The Balaban J connectivity index is 2.16. The van der Waals surface area contributed by atoms with E-state index in [9.17, 15) is 5.11 Å². The van der Waals surface area contributed by atoms with Crippen LogP contribution in [0.1, 0.15) is 30.9 Å². The Morgan fingerprint density at radius 2 is 2.21 bits per heavy atom. The van der Waals surface area contributed by atoms with Crippen LogP contribution >= 0.6 is 27.5 Å². The summed E-state index contributed by atoms with van der Waals surface area (Å²) in [6, 6.07) is 5.68. The Bertz CT molecular complexity index is 336. The Labute approximate surface area is 97.2 Å². The van der Waals surface area contributed by atoms with Crippen LogP contribution in [0.2, 0.25) is 5.02 Å². The summed E-state index contributed by atoms with van der Waals surface area (Å²) in [6.45, 7) is 0. The van der Waals surface area contributed by atoms with Gasteiger partial charge >= 0.3 is 0 Å². The molecule has 2 rings (SSSR count). The van der Waals surface area contributed by atoms with E-state index in [0.717, 1.165) is 16.5 Å². The molecule has 1 aliphatic rings. The number of benzene rings is 1. The highest BCUT2D eigenvalue weighted by molar-refractivity contribution is 9.10. The third kappa shape index (κ3) is 2.30. The molecule has 1 aliphatic carbocycles. The molecule has 1 unspecified atom stereocenters. The molecule has 0 aromatic heterocycles. The first-order valence-electron chi connectivity index (χ1n) is 4.80. The van der Waals surface area contributed by atoms with Crippen molar-refractivity contribution in [1.29, 1.82) is 0 Å². The van der Waals surface area contributed by atoms with Gasteiger partial charge in [0.1, 0.15) is 0 Å². The molecule has 3 heteroatoms. The fourth-order valence-electron chi connectivity index (χ4n) is 1.57. The van der Waals surface area contributed by atoms with E-state index in [2.05, 4.69) is 15.9 Å². The van der Waals surface area contributed by atoms with Crippen molar-refractivity contribution >= 4 is 27.5 Å². The van der Waals surface area contributed by atoms with E-state index in [4.69, 9.17) is 11.6 Å². The van der Waals surface area contributed by atoms with Crippen LogP contribution in [0.5, 0.6) is 0 Å². The van der Waals surface area contributed by atoms with E-state index in [1.54, 1.807) is 0 Å². The Hall–Kier alpha value is -0.0500. The van der Waals surface area contributed by atoms with E-state index in [0.29, 0.717) is 10.9 Å². The molecule has 0 heterocycles. The van der Waals surface area contributed by atoms with Crippen molar-refractivity contribution in [2.45, 2.75) is 25.4 Å². The lowest BCUT2D eigenvalue weighted by molar-refractivity contribution is 0.160. The van der Waals surface area contributed by atoms with Crippen LogP contribution in [0.25, 0.3) is 0 Å². The first-order chi connectivity index (χ1) is 6.68. The third-order valence-corrected chi connectivity index (χ3v) is 3.90. The van der Waals surface area contributed by atoms with E-state index in [1.807, 2.05) is 18.2 Å². The van der Waals surface area contributed by atoms with Crippen molar-refractivity contribution in [1.82, 2.24) is 0 Å². The summed E-state index contributed by atoms with van der Waals surface area (Å²) < 4.78 is 0.853. The first kappa shape index (κ1) is 10.5. The van der Waals surface area contributed by atoms with Crippen molar-refractivity contribution < 1.29 is 5.11 Å². The maximum atomic E-state index is 9.93. The number of hydrogen-bond acceptors (Lipinski definition) is 1. The molecule has 76 valence electrons. The van der Waals surface area contributed by atoms with E-state index >= 15 is 0 Å². The molecule has 1 aromatic carbocycles. The van der Waals surface area contributed by atoms with Crippen molar-refractivity contribution in [2.75, 3.05) is 0 Å². The Kier molecular flexibility index (Phi) is 3.15. The van der Waals surface area contributed by atoms with Crippen molar-refractivity contribution in [3.05, 3.63) is 33.3 Å². The first-order valence-corrected chi connectivity index (χ1v) is 5.97. The summed E-state index contributed by atoms with van der Waals surface area (Å²) in [4.78, 5) is 0. The van der Waals surface area contributed by atoms with Gasteiger partial charge in [0.05, 0.1) is 11.1 Å². The molecule has 0 spiro atoms. The zero-order valence-corrected chi connectivity index (χ0v) is 10.1. The predicted molar refractivity (Wildman–Crippen MR) is 61.5 cm³/mol. The summed E-state index contributed by atoms with van der Waals surface area (Å²) in [7, 11) is 0. The lowest BCUT2D eigenvalue weighted by atomic mass is 10.0.